The zero-order valence-electron chi connectivity index (χ0n) is 46.3. The van der Waals surface area contributed by atoms with Crippen LogP contribution in [0, 0.1) is 23.2 Å². The fourth-order valence-corrected chi connectivity index (χ4v) is 13.4. The first-order chi connectivity index (χ1) is 35.9. The molecule has 12 heteroatoms. The summed E-state index contributed by atoms with van der Waals surface area (Å²) in [4.78, 5) is 13.1. The van der Waals surface area contributed by atoms with Gasteiger partial charge in [0.15, 0.2) is 23.0 Å². The Balaban J connectivity index is 0.810. The van der Waals surface area contributed by atoms with Crippen LogP contribution in [0.4, 0.5) is 0 Å². The van der Waals surface area contributed by atoms with Crippen LogP contribution in [0.1, 0.15) is 163 Å². The highest BCUT2D eigenvalue weighted by atomic mass is 16.8. The minimum absolute atomic E-state index is 0.0292. The van der Waals surface area contributed by atoms with Gasteiger partial charge < -0.3 is 52.1 Å². The summed E-state index contributed by atoms with van der Waals surface area (Å²) < 4.78 is 74.7. The second kappa shape index (κ2) is 22.8. The molecular formula is C63H88O12. The molecule has 75 heavy (non-hydrogen) atoms. The Labute approximate surface area is 447 Å². The number of hydrogen-bond acceptors (Lipinski definition) is 12. The number of esters is 1. The van der Waals surface area contributed by atoms with E-state index in [1.165, 1.54) is 5.57 Å². The third kappa shape index (κ3) is 12.6. The first-order valence-corrected chi connectivity index (χ1v) is 28.8. The quantitative estimate of drug-likeness (QED) is 0.125. The lowest BCUT2D eigenvalue weighted by atomic mass is 9.79. The monoisotopic (exact) mass is 1040 g/mol. The van der Waals surface area contributed by atoms with Crippen molar-refractivity contribution in [3.8, 4) is 0 Å². The molecule has 0 aliphatic carbocycles. The molecule has 8 aliphatic heterocycles. The molecule has 0 bridgehead atoms. The van der Waals surface area contributed by atoms with Crippen LogP contribution in [-0.4, -0.2) is 96.8 Å². The molecule has 0 unspecified atom stereocenters. The van der Waals surface area contributed by atoms with Gasteiger partial charge in [-0.05, 0) is 106 Å². The van der Waals surface area contributed by atoms with Crippen LogP contribution in [0.25, 0.3) is 0 Å². The molecule has 0 N–H and O–H groups in total. The van der Waals surface area contributed by atoms with Gasteiger partial charge in [0, 0.05) is 49.9 Å². The van der Waals surface area contributed by atoms with E-state index in [1.807, 2.05) is 52.0 Å². The molecule has 17 atom stereocenters. The minimum Gasteiger partial charge on any atom is -0.433 e. The number of rotatable bonds is 15. The van der Waals surface area contributed by atoms with Crippen molar-refractivity contribution in [2.24, 2.45) is 23.2 Å². The average molecular weight is 1040 g/mol. The summed E-state index contributed by atoms with van der Waals surface area (Å²) in [5, 5.41) is 0. The molecule has 12 nitrogen and oxygen atoms in total. The molecule has 0 saturated carbocycles. The Morgan fingerprint density at radius 2 is 1.55 bits per heavy atom. The largest absolute Gasteiger partial charge is 0.433 e. The van der Waals surface area contributed by atoms with Gasteiger partial charge in [0.1, 0.15) is 18.3 Å². The van der Waals surface area contributed by atoms with E-state index in [2.05, 4.69) is 82.3 Å². The van der Waals surface area contributed by atoms with Gasteiger partial charge in [0.05, 0.1) is 56.4 Å². The predicted molar refractivity (Wildman–Crippen MR) is 285 cm³/mol. The SMILES string of the molecule is C=C1[C@@H](OCc2ccccc2)[C@@H]2O[C@]3(CC[C@H](/C=C/[C@@H](C)[C@@H]4CC(C)=C[C@]5(CCC[C@@H](C[C@@]6(C)O[C@H](C(C)(C)C)OC6=O)O5)O4)O3)CC[C@H]2O[C@@H]1[C@H](C[C@H](C)[C@H]1O[C@@]2(CCCCO2)CC[C@H]1C)OCc1ccccc1. The fourth-order valence-electron chi connectivity index (χ4n) is 13.4. The smallest absolute Gasteiger partial charge is 0.340 e. The van der Waals surface area contributed by atoms with Gasteiger partial charge in [-0.25, -0.2) is 4.79 Å². The van der Waals surface area contributed by atoms with Crippen molar-refractivity contribution >= 4 is 5.97 Å². The highest BCUT2D eigenvalue weighted by Crippen LogP contribution is 2.49. The number of hydrogen-bond donors (Lipinski definition) is 0. The van der Waals surface area contributed by atoms with E-state index in [9.17, 15) is 4.79 Å². The number of ether oxygens (including phenoxy) is 11. The van der Waals surface area contributed by atoms with Crippen molar-refractivity contribution in [2.75, 3.05) is 6.61 Å². The maximum atomic E-state index is 13.1. The average Bonchev–Trinajstić information content (AvgIpc) is 3.93. The lowest BCUT2D eigenvalue weighted by molar-refractivity contribution is -0.324. The molecule has 10 rings (SSSR count). The zero-order valence-corrected chi connectivity index (χ0v) is 46.3. The van der Waals surface area contributed by atoms with E-state index in [4.69, 9.17) is 58.7 Å². The Morgan fingerprint density at radius 3 is 2.27 bits per heavy atom. The van der Waals surface area contributed by atoms with Crippen LogP contribution < -0.4 is 0 Å². The Kier molecular flexibility index (Phi) is 16.8. The van der Waals surface area contributed by atoms with Gasteiger partial charge in [-0.15, -0.1) is 0 Å². The summed E-state index contributed by atoms with van der Waals surface area (Å²) in [5.41, 5.74) is 2.88. The van der Waals surface area contributed by atoms with Crippen LogP contribution in [-0.2, 0) is 70.1 Å². The first-order valence-electron chi connectivity index (χ1n) is 28.8. The van der Waals surface area contributed by atoms with Crippen molar-refractivity contribution in [3.05, 3.63) is 108 Å². The molecule has 0 aromatic heterocycles. The van der Waals surface area contributed by atoms with E-state index in [0.717, 1.165) is 107 Å². The summed E-state index contributed by atoms with van der Waals surface area (Å²) in [5.74, 6) is -1.79. The van der Waals surface area contributed by atoms with Crippen LogP contribution in [0.2, 0.25) is 0 Å². The molecule has 7 fully saturated rings. The van der Waals surface area contributed by atoms with Crippen LogP contribution in [0.3, 0.4) is 0 Å². The van der Waals surface area contributed by atoms with E-state index in [-0.39, 0.29) is 59.8 Å². The number of carbonyl (C=O) groups is 1. The van der Waals surface area contributed by atoms with E-state index in [0.29, 0.717) is 32.0 Å². The third-order valence-electron chi connectivity index (χ3n) is 17.7. The van der Waals surface area contributed by atoms with Gasteiger partial charge in [0.2, 0.25) is 6.29 Å². The van der Waals surface area contributed by atoms with Gasteiger partial charge in [0.25, 0.3) is 0 Å². The summed E-state index contributed by atoms with van der Waals surface area (Å²) in [6.07, 6.45) is 16.5. The number of benzene rings is 2. The standard InChI is InChI=1S/C63H88O12/c1-41-35-51(72-63(37-41)30-18-23-49(71-63)38-60(9)57(64)69-58(75-60)59(6,7)8)42(2)24-25-48-27-32-62(70-48)33-28-50-56(74-62)55(66-40-47-21-14-11-15-22-47)45(5)54(68-50)52(65-39-46-19-12-10-13-20-46)36-44(4)53-43(3)26-31-61(73-53)29-16-17-34-67-61/h10-15,19-22,24-25,37,42-44,48-56,58H,5,16-18,23,26-36,38-40H2,1-4,6-9H3/b25-24+/t42-,43-,44+,48+,49+,50-,51+,52+,53+,54+,55-,56-,58-,60-,61+,62-,63+/m1/s1. The van der Waals surface area contributed by atoms with Gasteiger partial charge in [-0.2, -0.15) is 0 Å². The maximum Gasteiger partial charge on any atom is 0.340 e. The first kappa shape index (κ1) is 55.1. The zero-order chi connectivity index (χ0) is 52.6. The summed E-state index contributed by atoms with van der Waals surface area (Å²) in [6, 6.07) is 20.7. The van der Waals surface area contributed by atoms with Crippen molar-refractivity contribution in [3.63, 3.8) is 0 Å². The second-order valence-electron chi connectivity index (χ2n) is 25.2. The molecule has 412 valence electrons. The molecule has 3 spiro atoms. The van der Waals surface area contributed by atoms with Crippen molar-refractivity contribution in [1.82, 2.24) is 0 Å². The topological polar surface area (TPSA) is 119 Å². The highest BCUT2D eigenvalue weighted by molar-refractivity contribution is 5.80. The molecule has 0 radical (unpaired) electrons. The fraction of sp³-hybridized carbons (Fsp3) is 0.698. The van der Waals surface area contributed by atoms with Gasteiger partial charge in [-0.3, -0.25) is 0 Å². The summed E-state index contributed by atoms with van der Waals surface area (Å²) in [7, 11) is 0. The van der Waals surface area contributed by atoms with E-state index in [1.54, 1.807) is 0 Å². The normalized spacial score (nSPS) is 39.7. The van der Waals surface area contributed by atoms with Crippen LogP contribution in [0.15, 0.2) is 96.6 Å². The predicted octanol–water partition coefficient (Wildman–Crippen LogP) is 12.6. The molecule has 2 aromatic carbocycles. The number of carbonyl (C=O) groups excluding carboxylic acids is 1. The Hall–Kier alpha value is -3.27. The molecular weight excluding hydrogens is 949 g/mol. The molecule has 2 aromatic rings. The lowest BCUT2D eigenvalue weighted by Crippen LogP contribution is -2.61. The van der Waals surface area contributed by atoms with Crippen molar-refractivity contribution < 1.29 is 56.9 Å². The Morgan fingerprint density at radius 1 is 0.813 bits per heavy atom. The molecule has 8 aliphatic rings. The van der Waals surface area contributed by atoms with Crippen LogP contribution >= 0.6 is 0 Å². The van der Waals surface area contributed by atoms with E-state index >= 15 is 0 Å². The van der Waals surface area contributed by atoms with Crippen molar-refractivity contribution in [2.45, 2.75) is 249 Å². The number of cyclic esters (lactones) is 1. The molecule has 7 saturated heterocycles. The second-order valence-corrected chi connectivity index (χ2v) is 25.2. The third-order valence-corrected chi connectivity index (χ3v) is 17.7. The summed E-state index contributed by atoms with van der Waals surface area (Å²) in [6.45, 7) is 23.3. The van der Waals surface area contributed by atoms with Gasteiger partial charge in [-0.1, -0.05) is 127 Å². The Bertz CT molecular complexity index is 2310. The summed E-state index contributed by atoms with van der Waals surface area (Å²) >= 11 is 0. The lowest BCUT2D eigenvalue weighted by Gasteiger charge is -2.51. The van der Waals surface area contributed by atoms with E-state index < -0.39 is 47.6 Å². The molecule has 0 amide bonds. The van der Waals surface area contributed by atoms with Crippen molar-refractivity contribution in [1.29, 1.82) is 0 Å². The van der Waals surface area contributed by atoms with Crippen LogP contribution in [0.5, 0.6) is 0 Å². The van der Waals surface area contributed by atoms with Gasteiger partial charge >= 0.3 is 5.97 Å². The molecule has 8 heterocycles. The highest BCUT2D eigenvalue weighted by Gasteiger charge is 2.56. The minimum atomic E-state index is -1.07. The number of fused-ring (bicyclic) bond motifs is 1. The maximum absolute atomic E-state index is 13.1.